The quantitative estimate of drug-likeness (QED) is 0.670. The highest BCUT2D eigenvalue weighted by molar-refractivity contribution is 7.92. The summed E-state index contributed by atoms with van der Waals surface area (Å²) in [5.41, 5.74) is -0.699. The molecule has 0 fully saturated rings. The van der Waals surface area contributed by atoms with E-state index in [4.69, 9.17) is 0 Å². The van der Waals surface area contributed by atoms with Crippen LogP contribution in [0.2, 0.25) is 0 Å². The van der Waals surface area contributed by atoms with E-state index in [0.717, 1.165) is 0 Å². The van der Waals surface area contributed by atoms with E-state index in [1.54, 1.807) is 12.1 Å². The van der Waals surface area contributed by atoms with Gasteiger partial charge in [0.25, 0.3) is 5.91 Å². The fourth-order valence-electron chi connectivity index (χ4n) is 2.00. The van der Waals surface area contributed by atoms with Gasteiger partial charge in [-0.05, 0) is 32.9 Å². The van der Waals surface area contributed by atoms with Crippen molar-refractivity contribution in [1.29, 1.82) is 0 Å². The van der Waals surface area contributed by atoms with E-state index in [0.29, 0.717) is 0 Å². The number of sulfonamides is 1. The van der Waals surface area contributed by atoms with E-state index >= 15 is 0 Å². The van der Waals surface area contributed by atoms with Crippen LogP contribution >= 0.6 is 0 Å². The maximum atomic E-state index is 12.5. The Labute approximate surface area is 151 Å². The van der Waals surface area contributed by atoms with Crippen molar-refractivity contribution in [2.24, 2.45) is 0 Å². The van der Waals surface area contributed by atoms with Crippen LogP contribution in [-0.4, -0.2) is 40.9 Å². The molecule has 0 bridgehead atoms. The van der Waals surface area contributed by atoms with Crippen LogP contribution in [0.15, 0.2) is 36.7 Å². The van der Waals surface area contributed by atoms with E-state index in [-0.39, 0.29) is 22.7 Å². The van der Waals surface area contributed by atoms with Crippen molar-refractivity contribution in [1.82, 2.24) is 9.78 Å². The Balaban J connectivity index is 2.24. The lowest BCUT2D eigenvalue weighted by atomic mass is 10.1. The number of nitrogens with zero attached hydrogens (tertiary/aromatic N) is 2. The number of anilines is 2. The van der Waals surface area contributed by atoms with Crippen molar-refractivity contribution in [2.75, 3.05) is 15.8 Å². The number of aromatic nitrogens is 2. The molecule has 1 heterocycles. The van der Waals surface area contributed by atoms with E-state index in [1.807, 2.05) is 0 Å². The molecule has 0 aliphatic rings. The monoisotopic (exact) mass is 380 g/mol. The highest BCUT2D eigenvalue weighted by Crippen LogP contribution is 2.20. The highest BCUT2D eigenvalue weighted by Gasteiger charge is 2.30. The van der Waals surface area contributed by atoms with Gasteiger partial charge < -0.3 is 10.4 Å². The SMILES string of the molecule is CCS(=O)(=O)Nc1ccccc1C(=O)Nc1cnn(C(C)(C)C(=O)O)c1. The first-order valence-corrected chi connectivity index (χ1v) is 9.41. The molecule has 0 aliphatic carbocycles. The molecule has 0 spiro atoms. The number of aliphatic carboxylic acids is 1. The second kappa shape index (κ2) is 7.16. The summed E-state index contributed by atoms with van der Waals surface area (Å²) in [6.45, 7) is 4.44. The standard InChI is InChI=1S/C16H20N4O5S/c1-4-26(24,25)19-13-8-6-5-7-12(13)14(21)18-11-9-17-20(10-11)16(2,3)15(22)23/h5-10,19H,4H2,1-3H3,(H,18,21)(H,22,23). The third-order valence-electron chi connectivity index (χ3n) is 3.75. The van der Waals surface area contributed by atoms with Crippen molar-refractivity contribution in [3.8, 4) is 0 Å². The number of hydrogen-bond acceptors (Lipinski definition) is 5. The van der Waals surface area contributed by atoms with Crippen LogP contribution in [-0.2, 0) is 20.4 Å². The molecule has 1 aromatic heterocycles. The predicted molar refractivity (Wildman–Crippen MR) is 96.7 cm³/mol. The minimum atomic E-state index is -3.54. The van der Waals surface area contributed by atoms with Crippen LogP contribution in [0.1, 0.15) is 31.1 Å². The highest BCUT2D eigenvalue weighted by atomic mass is 32.2. The zero-order valence-corrected chi connectivity index (χ0v) is 15.4. The van der Waals surface area contributed by atoms with Crippen molar-refractivity contribution >= 4 is 33.3 Å². The molecule has 1 aromatic carbocycles. The zero-order chi connectivity index (χ0) is 19.5. The van der Waals surface area contributed by atoms with E-state index < -0.39 is 27.4 Å². The third kappa shape index (κ3) is 4.20. The predicted octanol–water partition coefficient (Wildman–Crippen LogP) is 1.72. The first kappa shape index (κ1) is 19.4. The molecular weight excluding hydrogens is 360 g/mol. The van der Waals surface area contributed by atoms with Gasteiger partial charge in [0.15, 0.2) is 5.54 Å². The van der Waals surface area contributed by atoms with Crippen molar-refractivity contribution < 1.29 is 23.1 Å². The Kier molecular flexibility index (Phi) is 5.36. The number of rotatable bonds is 7. The van der Waals surface area contributed by atoms with E-state index in [2.05, 4.69) is 15.1 Å². The van der Waals surface area contributed by atoms with Gasteiger partial charge in [-0.1, -0.05) is 12.1 Å². The van der Waals surface area contributed by atoms with Crippen molar-refractivity contribution in [2.45, 2.75) is 26.3 Å². The molecule has 3 N–H and O–H groups in total. The van der Waals surface area contributed by atoms with Gasteiger partial charge in [0, 0.05) is 6.20 Å². The molecule has 0 aliphatic heterocycles. The second-order valence-corrected chi connectivity index (χ2v) is 8.05. The van der Waals surface area contributed by atoms with Crippen LogP contribution < -0.4 is 10.0 Å². The summed E-state index contributed by atoms with van der Waals surface area (Å²) < 4.78 is 27.1. The van der Waals surface area contributed by atoms with Crippen LogP contribution in [0.25, 0.3) is 0 Å². The summed E-state index contributed by atoms with van der Waals surface area (Å²) in [7, 11) is -3.54. The van der Waals surface area contributed by atoms with Crippen LogP contribution in [0, 0.1) is 0 Å². The summed E-state index contributed by atoms with van der Waals surface area (Å²) in [6.07, 6.45) is 2.71. The average molecular weight is 380 g/mol. The number of carbonyl (C=O) groups excluding carboxylic acids is 1. The number of nitrogens with one attached hydrogen (secondary N) is 2. The van der Waals surface area contributed by atoms with Gasteiger partial charge in [-0.15, -0.1) is 0 Å². The molecule has 0 radical (unpaired) electrons. The number of benzene rings is 1. The Bertz CT molecular complexity index is 934. The molecule has 26 heavy (non-hydrogen) atoms. The average Bonchev–Trinajstić information content (AvgIpc) is 3.04. The topological polar surface area (TPSA) is 130 Å². The third-order valence-corrected chi connectivity index (χ3v) is 5.04. The Morgan fingerprint density at radius 1 is 1.27 bits per heavy atom. The van der Waals surface area contributed by atoms with Crippen LogP contribution in [0.3, 0.4) is 0 Å². The molecule has 0 saturated carbocycles. The smallest absolute Gasteiger partial charge is 0.331 e. The summed E-state index contributed by atoms with van der Waals surface area (Å²) in [5.74, 6) is -1.75. The Morgan fingerprint density at radius 2 is 1.92 bits per heavy atom. The number of amides is 1. The fourth-order valence-corrected chi connectivity index (χ4v) is 2.66. The summed E-state index contributed by atoms with van der Waals surface area (Å²) in [5, 5.41) is 15.8. The Morgan fingerprint density at radius 3 is 2.54 bits per heavy atom. The number of carbonyl (C=O) groups is 2. The van der Waals surface area contributed by atoms with Gasteiger partial charge in [-0.2, -0.15) is 5.10 Å². The number of hydrogen-bond donors (Lipinski definition) is 3. The number of para-hydroxylation sites is 1. The molecule has 1 amide bonds. The first-order chi connectivity index (χ1) is 12.1. The lowest BCUT2D eigenvalue weighted by molar-refractivity contribution is -0.146. The lowest BCUT2D eigenvalue weighted by Crippen LogP contribution is -2.35. The first-order valence-electron chi connectivity index (χ1n) is 7.76. The number of carboxylic acid groups (broad SMARTS) is 1. The molecule has 0 saturated heterocycles. The molecular formula is C16H20N4O5S. The lowest BCUT2D eigenvalue weighted by Gasteiger charge is -2.19. The maximum absolute atomic E-state index is 12.5. The largest absolute Gasteiger partial charge is 0.479 e. The molecule has 0 unspecified atom stereocenters. The van der Waals surface area contributed by atoms with Crippen LogP contribution in [0.5, 0.6) is 0 Å². The van der Waals surface area contributed by atoms with Gasteiger partial charge in [0.1, 0.15) is 0 Å². The second-order valence-electron chi connectivity index (χ2n) is 6.04. The van der Waals surface area contributed by atoms with E-state index in [9.17, 15) is 23.1 Å². The fraction of sp³-hybridized carbons (Fsp3) is 0.312. The summed E-state index contributed by atoms with van der Waals surface area (Å²) in [6, 6.07) is 6.18. The van der Waals surface area contributed by atoms with Gasteiger partial charge >= 0.3 is 5.97 Å². The van der Waals surface area contributed by atoms with Crippen molar-refractivity contribution in [3.63, 3.8) is 0 Å². The molecule has 2 aromatic rings. The normalized spacial score (nSPS) is 11.8. The molecule has 2 rings (SSSR count). The Hall–Kier alpha value is -2.88. The van der Waals surface area contributed by atoms with E-state index in [1.165, 1.54) is 50.0 Å². The van der Waals surface area contributed by atoms with Crippen LogP contribution in [0.4, 0.5) is 11.4 Å². The van der Waals surface area contributed by atoms with Gasteiger partial charge in [0.2, 0.25) is 10.0 Å². The van der Waals surface area contributed by atoms with Crippen molar-refractivity contribution in [3.05, 3.63) is 42.2 Å². The zero-order valence-electron chi connectivity index (χ0n) is 14.6. The number of carboxylic acids is 1. The summed E-state index contributed by atoms with van der Waals surface area (Å²) >= 11 is 0. The van der Waals surface area contributed by atoms with Gasteiger partial charge in [-0.3, -0.25) is 14.2 Å². The minimum absolute atomic E-state index is 0.125. The van der Waals surface area contributed by atoms with Gasteiger partial charge in [-0.25, -0.2) is 13.2 Å². The molecule has 9 nitrogen and oxygen atoms in total. The minimum Gasteiger partial charge on any atom is -0.479 e. The maximum Gasteiger partial charge on any atom is 0.331 e. The molecule has 0 atom stereocenters. The molecule has 10 heteroatoms. The molecule has 140 valence electrons. The summed E-state index contributed by atoms with van der Waals surface area (Å²) in [4.78, 5) is 23.8. The van der Waals surface area contributed by atoms with Gasteiger partial charge in [0.05, 0.1) is 28.9 Å².